The standard InChI is InChI=1S/C19H17ClN4O3S/c1-27-14-8-6-13(7-9-14)10-21-18(25)11-24(17-5-3-2-4-15(17)20)19(26)16-12-28-23-22-16/h2-9,12H,10-11H2,1H3,(H,21,25). The molecule has 0 bridgehead atoms. The third-order valence-corrected chi connectivity index (χ3v) is 4.74. The Morgan fingerprint density at radius 2 is 1.93 bits per heavy atom. The number of benzene rings is 2. The average molecular weight is 417 g/mol. The maximum absolute atomic E-state index is 12.8. The molecule has 0 saturated carbocycles. The number of para-hydroxylation sites is 1. The zero-order valence-corrected chi connectivity index (χ0v) is 16.5. The molecule has 0 aliphatic rings. The average Bonchev–Trinajstić information content (AvgIpc) is 3.26. The number of amides is 2. The third kappa shape index (κ3) is 4.85. The van der Waals surface area contributed by atoms with Gasteiger partial charge in [0.05, 0.1) is 17.8 Å². The van der Waals surface area contributed by atoms with E-state index in [2.05, 4.69) is 14.9 Å². The SMILES string of the molecule is COc1ccc(CNC(=O)CN(C(=O)c2csnn2)c2ccccc2Cl)cc1. The summed E-state index contributed by atoms with van der Waals surface area (Å²) >= 11 is 7.30. The number of carbonyl (C=O) groups excluding carboxylic acids is 2. The second-order valence-corrected chi connectivity index (χ2v) is 6.77. The molecule has 0 saturated heterocycles. The molecule has 0 aliphatic carbocycles. The molecular weight excluding hydrogens is 400 g/mol. The van der Waals surface area contributed by atoms with Crippen LogP contribution in [0.1, 0.15) is 16.1 Å². The van der Waals surface area contributed by atoms with Gasteiger partial charge >= 0.3 is 0 Å². The van der Waals surface area contributed by atoms with Gasteiger partial charge in [-0.05, 0) is 41.4 Å². The lowest BCUT2D eigenvalue weighted by molar-refractivity contribution is -0.119. The minimum Gasteiger partial charge on any atom is -0.497 e. The molecule has 7 nitrogen and oxygen atoms in total. The van der Waals surface area contributed by atoms with Gasteiger partial charge in [-0.3, -0.25) is 14.5 Å². The fraction of sp³-hybridized carbons (Fsp3) is 0.158. The number of ether oxygens (including phenoxy) is 1. The van der Waals surface area contributed by atoms with E-state index in [4.69, 9.17) is 16.3 Å². The van der Waals surface area contributed by atoms with Gasteiger partial charge in [0.15, 0.2) is 5.69 Å². The predicted octanol–water partition coefficient (Wildman–Crippen LogP) is 3.16. The van der Waals surface area contributed by atoms with Gasteiger partial charge in [0.25, 0.3) is 5.91 Å². The van der Waals surface area contributed by atoms with Crippen molar-refractivity contribution in [2.24, 2.45) is 0 Å². The summed E-state index contributed by atoms with van der Waals surface area (Å²) in [6.45, 7) is 0.127. The minimum absolute atomic E-state index is 0.160. The number of anilines is 1. The van der Waals surface area contributed by atoms with Gasteiger partial charge in [0, 0.05) is 11.9 Å². The first-order chi connectivity index (χ1) is 13.6. The summed E-state index contributed by atoms with van der Waals surface area (Å²) in [5.74, 6) is -0.0313. The van der Waals surface area contributed by atoms with E-state index < -0.39 is 5.91 Å². The molecule has 1 N–H and O–H groups in total. The van der Waals surface area contributed by atoms with Gasteiger partial charge in [-0.2, -0.15) is 0 Å². The van der Waals surface area contributed by atoms with Crippen LogP contribution in [0, 0.1) is 0 Å². The van der Waals surface area contributed by atoms with Crippen molar-refractivity contribution >= 4 is 40.6 Å². The first-order valence-electron chi connectivity index (χ1n) is 8.31. The number of aromatic nitrogens is 2. The molecule has 9 heteroatoms. The lowest BCUT2D eigenvalue weighted by atomic mass is 10.2. The van der Waals surface area contributed by atoms with Crippen LogP contribution >= 0.6 is 23.1 Å². The highest BCUT2D eigenvalue weighted by Gasteiger charge is 2.24. The van der Waals surface area contributed by atoms with E-state index in [0.29, 0.717) is 17.3 Å². The fourth-order valence-electron chi connectivity index (χ4n) is 2.48. The van der Waals surface area contributed by atoms with Crippen LogP contribution in [0.5, 0.6) is 5.75 Å². The summed E-state index contributed by atoms with van der Waals surface area (Å²) in [5, 5.41) is 8.50. The van der Waals surface area contributed by atoms with Crippen LogP contribution < -0.4 is 15.0 Å². The Labute approximate surface area is 171 Å². The summed E-state index contributed by atoms with van der Waals surface area (Å²) in [6.07, 6.45) is 0. The molecule has 28 heavy (non-hydrogen) atoms. The fourth-order valence-corrected chi connectivity index (χ4v) is 3.14. The van der Waals surface area contributed by atoms with Crippen LogP contribution in [0.3, 0.4) is 0 Å². The zero-order chi connectivity index (χ0) is 19.9. The monoisotopic (exact) mass is 416 g/mol. The third-order valence-electron chi connectivity index (χ3n) is 3.92. The summed E-state index contributed by atoms with van der Waals surface area (Å²) < 4.78 is 8.83. The molecule has 0 fully saturated rings. The van der Waals surface area contributed by atoms with E-state index in [1.54, 1.807) is 31.4 Å². The predicted molar refractivity (Wildman–Crippen MR) is 108 cm³/mol. The number of halogens is 1. The van der Waals surface area contributed by atoms with E-state index >= 15 is 0 Å². The minimum atomic E-state index is -0.443. The van der Waals surface area contributed by atoms with Crippen molar-refractivity contribution in [1.29, 1.82) is 0 Å². The van der Waals surface area contributed by atoms with Gasteiger partial charge in [0.1, 0.15) is 12.3 Å². The molecule has 3 aromatic rings. The number of hydrogen-bond acceptors (Lipinski definition) is 6. The number of methoxy groups -OCH3 is 1. The van der Waals surface area contributed by atoms with Crippen LogP contribution in [-0.2, 0) is 11.3 Å². The molecule has 0 unspecified atom stereocenters. The van der Waals surface area contributed by atoms with Crippen molar-refractivity contribution in [2.45, 2.75) is 6.54 Å². The largest absolute Gasteiger partial charge is 0.497 e. The first-order valence-corrected chi connectivity index (χ1v) is 9.53. The Bertz CT molecular complexity index is 948. The maximum atomic E-state index is 12.8. The van der Waals surface area contributed by atoms with Crippen LogP contribution in [0.4, 0.5) is 5.69 Å². The van der Waals surface area contributed by atoms with Gasteiger partial charge in [-0.15, -0.1) is 5.10 Å². The van der Waals surface area contributed by atoms with Gasteiger partial charge in [-0.1, -0.05) is 40.4 Å². The molecule has 2 amide bonds. The maximum Gasteiger partial charge on any atom is 0.280 e. The Kier molecular flexibility index (Phi) is 6.57. The van der Waals surface area contributed by atoms with Crippen molar-refractivity contribution in [2.75, 3.05) is 18.6 Å². The highest BCUT2D eigenvalue weighted by molar-refractivity contribution is 7.03. The van der Waals surface area contributed by atoms with Crippen molar-refractivity contribution in [1.82, 2.24) is 14.9 Å². The quantitative estimate of drug-likeness (QED) is 0.639. The number of nitrogens with one attached hydrogen (secondary N) is 1. The van der Waals surface area contributed by atoms with Crippen LogP contribution in [0.2, 0.25) is 5.02 Å². The Hall–Kier alpha value is -2.97. The summed E-state index contributed by atoms with van der Waals surface area (Å²) in [6, 6.07) is 14.2. The summed E-state index contributed by atoms with van der Waals surface area (Å²) in [4.78, 5) is 26.6. The van der Waals surface area contributed by atoms with E-state index in [9.17, 15) is 9.59 Å². The molecule has 1 heterocycles. The smallest absolute Gasteiger partial charge is 0.280 e. The lowest BCUT2D eigenvalue weighted by Gasteiger charge is -2.22. The molecule has 0 atom stereocenters. The highest BCUT2D eigenvalue weighted by atomic mass is 35.5. The van der Waals surface area contributed by atoms with Crippen LogP contribution in [0.15, 0.2) is 53.9 Å². The summed E-state index contributed by atoms with van der Waals surface area (Å²) in [5.41, 5.74) is 1.50. The number of nitrogens with zero attached hydrogens (tertiary/aromatic N) is 3. The topological polar surface area (TPSA) is 84.4 Å². The lowest BCUT2D eigenvalue weighted by Crippen LogP contribution is -2.41. The Morgan fingerprint density at radius 3 is 2.57 bits per heavy atom. The molecular formula is C19H17ClN4O3S. The molecule has 1 aromatic heterocycles. The Morgan fingerprint density at radius 1 is 1.18 bits per heavy atom. The molecule has 0 aliphatic heterocycles. The van der Waals surface area contributed by atoms with Crippen LogP contribution in [0.25, 0.3) is 0 Å². The van der Waals surface area contributed by atoms with Crippen molar-refractivity contribution in [3.63, 3.8) is 0 Å². The van der Waals surface area contributed by atoms with Crippen molar-refractivity contribution in [3.8, 4) is 5.75 Å². The van der Waals surface area contributed by atoms with Gasteiger partial charge in [-0.25, -0.2) is 0 Å². The van der Waals surface area contributed by atoms with Crippen LogP contribution in [-0.4, -0.2) is 35.1 Å². The number of rotatable bonds is 7. The molecule has 144 valence electrons. The normalized spacial score (nSPS) is 10.4. The van der Waals surface area contributed by atoms with E-state index in [-0.39, 0.29) is 18.1 Å². The van der Waals surface area contributed by atoms with Crippen molar-refractivity contribution in [3.05, 3.63) is 70.2 Å². The first kappa shape index (κ1) is 19.8. The second-order valence-electron chi connectivity index (χ2n) is 5.76. The molecule has 0 radical (unpaired) electrons. The van der Waals surface area contributed by atoms with Gasteiger partial charge in [0.2, 0.25) is 5.91 Å². The van der Waals surface area contributed by atoms with E-state index in [1.807, 2.05) is 24.3 Å². The van der Waals surface area contributed by atoms with E-state index in [1.165, 1.54) is 10.3 Å². The molecule has 0 spiro atoms. The molecule has 3 rings (SSSR count). The van der Waals surface area contributed by atoms with Crippen molar-refractivity contribution < 1.29 is 14.3 Å². The number of hydrogen-bond donors (Lipinski definition) is 1. The number of carbonyl (C=O) groups is 2. The summed E-state index contributed by atoms with van der Waals surface area (Å²) in [7, 11) is 1.59. The Balaban J connectivity index is 1.72. The van der Waals surface area contributed by atoms with Gasteiger partial charge < -0.3 is 10.1 Å². The highest BCUT2D eigenvalue weighted by Crippen LogP contribution is 2.26. The molecule has 2 aromatic carbocycles. The van der Waals surface area contributed by atoms with E-state index in [0.717, 1.165) is 22.8 Å². The second kappa shape index (κ2) is 9.29. The zero-order valence-electron chi connectivity index (χ0n) is 15.0.